The van der Waals surface area contributed by atoms with Crippen LogP contribution in [0.25, 0.3) is 0 Å². The molecule has 0 fully saturated rings. The maximum Gasteiger partial charge on any atom is 0.162 e. The SMILES string of the molecule is CC(C)(C)n1nnc(Br)c1Br. The summed E-state index contributed by atoms with van der Waals surface area (Å²) in [6.07, 6.45) is 0. The van der Waals surface area contributed by atoms with Crippen molar-refractivity contribution in [1.29, 1.82) is 0 Å². The molecule has 11 heavy (non-hydrogen) atoms. The molecule has 0 aromatic carbocycles. The summed E-state index contributed by atoms with van der Waals surface area (Å²) >= 11 is 6.64. The van der Waals surface area contributed by atoms with E-state index in [-0.39, 0.29) is 5.54 Å². The van der Waals surface area contributed by atoms with Crippen molar-refractivity contribution in [2.45, 2.75) is 26.3 Å². The molecule has 0 aliphatic rings. The van der Waals surface area contributed by atoms with Crippen LogP contribution < -0.4 is 0 Å². The lowest BCUT2D eigenvalue weighted by molar-refractivity contribution is 0.340. The number of hydrogen-bond acceptors (Lipinski definition) is 2. The molecule has 0 saturated heterocycles. The Kier molecular flexibility index (Phi) is 2.39. The zero-order chi connectivity index (χ0) is 8.65. The number of rotatable bonds is 0. The third-order valence-corrected chi connectivity index (χ3v) is 2.99. The molecular formula is C6H9Br2N3. The Balaban J connectivity index is 3.15. The third kappa shape index (κ3) is 1.82. The van der Waals surface area contributed by atoms with E-state index in [1.807, 2.05) is 4.68 Å². The van der Waals surface area contributed by atoms with Crippen LogP contribution in [0.15, 0.2) is 9.21 Å². The molecule has 0 unspecified atom stereocenters. The van der Waals surface area contributed by atoms with E-state index in [2.05, 4.69) is 62.9 Å². The van der Waals surface area contributed by atoms with Gasteiger partial charge in [0.2, 0.25) is 0 Å². The molecule has 1 aromatic rings. The Hall–Kier alpha value is 0.1000. The summed E-state index contributed by atoms with van der Waals surface area (Å²) in [5, 5.41) is 7.82. The quantitative estimate of drug-likeness (QED) is 0.732. The van der Waals surface area contributed by atoms with E-state index in [0.29, 0.717) is 0 Å². The minimum absolute atomic E-state index is 0.0299. The van der Waals surface area contributed by atoms with Crippen LogP contribution >= 0.6 is 31.9 Å². The first kappa shape index (κ1) is 9.19. The first-order valence-corrected chi connectivity index (χ1v) is 4.78. The van der Waals surface area contributed by atoms with E-state index < -0.39 is 0 Å². The van der Waals surface area contributed by atoms with Crippen LogP contribution in [0, 0.1) is 0 Å². The molecule has 0 aliphatic heterocycles. The van der Waals surface area contributed by atoms with Crippen molar-refractivity contribution < 1.29 is 0 Å². The molecule has 0 radical (unpaired) electrons. The Morgan fingerprint density at radius 1 is 1.27 bits per heavy atom. The molecule has 1 rings (SSSR count). The summed E-state index contributed by atoms with van der Waals surface area (Å²) in [7, 11) is 0. The highest BCUT2D eigenvalue weighted by molar-refractivity contribution is 9.13. The monoisotopic (exact) mass is 281 g/mol. The standard InChI is InChI=1S/C6H9Br2N3/c1-6(2,3)11-5(8)4(7)9-10-11/h1-3H3. The summed E-state index contributed by atoms with van der Waals surface area (Å²) < 4.78 is 3.44. The summed E-state index contributed by atoms with van der Waals surface area (Å²) in [5.41, 5.74) is -0.0299. The fourth-order valence-corrected chi connectivity index (χ4v) is 1.60. The second-order valence-electron chi connectivity index (χ2n) is 3.25. The van der Waals surface area contributed by atoms with E-state index in [4.69, 9.17) is 0 Å². The predicted molar refractivity (Wildman–Crippen MR) is 50.4 cm³/mol. The molecule has 0 atom stereocenters. The van der Waals surface area contributed by atoms with Crippen LogP contribution in [0.5, 0.6) is 0 Å². The van der Waals surface area contributed by atoms with Crippen molar-refractivity contribution in [2.75, 3.05) is 0 Å². The summed E-state index contributed by atoms with van der Waals surface area (Å²) in [6, 6.07) is 0. The topological polar surface area (TPSA) is 30.7 Å². The first-order chi connectivity index (χ1) is 4.93. The second kappa shape index (κ2) is 2.86. The highest BCUT2D eigenvalue weighted by atomic mass is 79.9. The number of nitrogens with zero attached hydrogens (tertiary/aromatic N) is 3. The van der Waals surface area contributed by atoms with Gasteiger partial charge in [-0.2, -0.15) is 0 Å². The normalized spacial score (nSPS) is 12.1. The van der Waals surface area contributed by atoms with E-state index in [9.17, 15) is 0 Å². The lowest BCUT2D eigenvalue weighted by Gasteiger charge is -2.18. The molecule has 1 heterocycles. The molecule has 5 heteroatoms. The van der Waals surface area contributed by atoms with Crippen molar-refractivity contribution in [3.63, 3.8) is 0 Å². The third-order valence-electron chi connectivity index (χ3n) is 1.21. The molecule has 3 nitrogen and oxygen atoms in total. The molecule has 0 saturated carbocycles. The summed E-state index contributed by atoms with van der Waals surface area (Å²) in [6.45, 7) is 6.20. The van der Waals surface area contributed by atoms with Crippen molar-refractivity contribution in [1.82, 2.24) is 15.0 Å². The molecule has 0 amide bonds. The summed E-state index contributed by atoms with van der Waals surface area (Å²) in [5.74, 6) is 0. The number of hydrogen-bond donors (Lipinski definition) is 0. The van der Waals surface area contributed by atoms with Gasteiger partial charge < -0.3 is 0 Å². The van der Waals surface area contributed by atoms with E-state index in [1.54, 1.807) is 0 Å². The largest absolute Gasteiger partial charge is 0.232 e. The van der Waals surface area contributed by atoms with Gasteiger partial charge in [-0.05, 0) is 52.6 Å². The zero-order valence-electron chi connectivity index (χ0n) is 6.60. The van der Waals surface area contributed by atoms with Crippen LogP contribution in [-0.4, -0.2) is 15.0 Å². The Morgan fingerprint density at radius 3 is 2.00 bits per heavy atom. The lowest BCUT2D eigenvalue weighted by Crippen LogP contribution is -2.23. The van der Waals surface area contributed by atoms with E-state index in [1.165, 1.54) is 0 Å². The average molecular weight is 283 g/mol. The van der Waals surface area contributed by atoms with Crippen LogP contribution in [0.1, 0.15) is 20.8 Å². The fraction of sp³-hybridized carbons (Fsp3) is 0.667. The van der Waals surface area contributed by atoms with Crippen molar-refractivity contribution in [3.8, 4) is 0 Å². The van der Waals surface area contributed by atoms with Gasteiger partial charge in [0.05, 0.1) is 5.54 Å². The first-order valence-electron chi connectivity index (χ1n) is 3.20. The van der Waals surface area contributed by atoms with Gasteiger partial charge in [-0.15, -0.1) is 5.10 Å². The predicted octanol–water partition coefficient (Wildman–Crippen LogP) is 2.56. The van der Waals surface area contributed by atoms with E-state index in [0.717, 1.165) is 9.21 Å². The average Bonchev–Trinajstić information content (AvgIpc) is 2.11. The molecule has 0 spiro atoms. The van der Waals surface area contributed by atoms with Gasteiger partial charge >= 0.3 is 0 Å². The van der Waals surface area contributed by atoms with Crippen LogP contribution in [0.4, 0.5) is 0 Å². The second-order valence-corrected chi connectivity index (χ2v) is 4.76. The molecular weight excluding hydrogens is 274 g/mol. The van der Waals surface area contributed by atoms with Crippen molar-refractivity contribution >= 4 is 31.9 Å². The Bertz CT molecular complexity index is 261. The zero-order valence-corrected chi connectivity index (χ0v) is 9.77. The molecule has 0 N–H and O–H groups in total. The molecule has 1 aromatic heterocycles. The van der Waals surface area contributed by atoms with Crippen molar-refractivity contribution in [2.24, 2.45) is 0 Å². The van der Waals surface area contributed by atoms with Gasteiger partial charge in [0.25, 0.3) is 0 Å². The number of halogens is 2. The van der Waals surface area contributed by atoms with Gasteiger partial charge in [-0.3, -0.25) is 0 Å². The summed E-state index contributed by atoms with van der Waals surface area (Å²) in [4.78, 5) is 0. The van der Waals surface area contributed by atoms with Crippen LogP contribution in [0.3, 0.4) is 0 Å². The van der Waals surface area contributed by atoms with Gasteiger partial charge in [-0.25, -0.2) is 4.68 Å². The van der Waals surface area contributed by atoms with E-state index >= 15 is 0 Å². The molecule has 0 aliphatic carbocycles. The van der Waals surface area contributed by atoms with Gasteiger partial charge in [0.1, 0.15) is 4.60 Å². The lowest BCUT2D eigenvalue weighted by atomic mass is 10.1. The van der Waals surface area contributed by atoms with Crippen LogP contribution in [-0.2, 0) is 5.54 Å². The molecule has 62 valence electrons. The van der Waals surface area contributed by atoms with Gasteiger partial charge in [0, 0.05) is 0 Å². The maximum atomic E-state index is 3.96. The highest BCUT2D eigenvalue weighted by Crippen LogP contribution is 2.25. The fourth-order valence-electron chi connectivity index (χ4n) is 0.681. The van der Waals surface area contributed by atoms with Crippen molar-refractivity contribution in [3.05, 3.63) is 9.21 Å². The molecule has 0 bridgehead atoms. The van der Waals surface area contributed by atoms with Gasteiger partial charge in [-0.1, -0.05) is 5.21 Å². The van der Waals surface area contributed by atoms with Crippen LogP contribution in [0.2, 0.25) is 0 Å². The maximum absolute atomic E-state index is 3.96. The minimum Gasteiger partial charge on any atom is -0.232 e. The number of aromatic nitrogens is 3. The van der Waals surface area contributed by atoms with Gasteiger partial charge in [0.15, 0.2) is 4.60 Å². The highest BCUT2D eigenvalue weighted by Gasteiger charge is 2.19. The Labute approximate surface area is 82.4 Å². The smallest absolute Gasteiger partial charge is 0.162 e. The Morgan fingerprint density at radius 2 is 1.82 bits per heavy atom. The minimum atomic E-state index is -0.0299.